The van der Waals surface area contributed by atoms with Crippen LogP contribution in [-0.2, 0) is 6.42 Å². The Kier molecular flexibility index (Phi) is 11.9. The highest BCUT2D eigenvalue weighted by Crippen LogP contribution is 2.26. The number of hydrogen-bond donors (Lipinski definition) is 2. The normalized spacial score (nSPS) is 15.2. The maximum Gasteiger partial charge on any atom is 0.119 e. The van der Waals surface area contributed by atoms with E-state index in [1.807, 2.05) is 62.4 Å². The number of hydrogen-bond acceptors (Lipinski definition) is 5. The molecule has 32 heavy (non-hydrogen) atoms. The minimum Gasteiger partial charge on any atom is -0.491 e. The van der Waals surface area contributed by atoms with Gasteiger partial charge in [0, 0.05) is 31.9 Å². The fourth-order valence-corrected chi connectivity index (χ4v) is 3.84. The maximum atomic E-state index is 10.9. The molecule has 0 amide bonds. The summed E-state index contributed by atoms with van der Waals surface area (Å²) in [6.07, 6.45) is 3.52. The average molecular weight is 480 g/mol. The smallest absolute Gasteiger partial charge is 0.119 e. The molecule has 1 aliphatic heterocycles. The number of aliphatic hydroxyl groups is 1. The van der Waals surface area contributed by atoms with Crippen LogP contribution in [0, 0.1) is 11.3 Å². The van der Waals surface area contributed by atoms with Crippen molar-refractivity contribution in [2.75, 3.05) is 31.5 Å². The topological polar surface area (TPSA) is 68.5 Å². The second-order valence-corrected chi connectivity index (χ2v) is 8.49. The van der Waals surface area contributed by atoms with E-state index in [1.165, 1.54) is 5.56 Å². The van der Waals surface area contributed by atoms with Crippen molar-refractivity contribution in [2.24, 2.45) is 0 Å². The number of benzene rings is 2. The van der Waals surface area contributed by atoms with Crippen molar-refractivity contribution in [2.45, 2.75) is 51.2 Å². The summed E-state index contributed by atoms with van der Waals surface area (Å²) in [5, 5.41) is 23.2. The number of ether oxygens (including phenoxy) is 1. The van der Waals surface area contributed by atoms with Gasteiger partial charge in [0.05, 0.1) is 23.3 Å². The Morgan fingerprint density at radius 3 is 2.25 bits per heavy atom. The molecule has 2 aromatic rings. The van der Waals surface area contributed by atoms with Crippen molar-refractivity contribution >= 4 is 30.5 Å². The van der Waals surface area contributed by atoms with E-state index in [2.05, 4.69) is 16.3 Å². The summed E-state index contributed by atoms with van der Waals surface area (Å²) in [6.45, 7) is 7.63. The SMILES string of the molecule is CC(C)Oc1ccc(NCCC2(O)CCN(CCc3ccc(C#N)cc3)CC2)cc1.Cl.Cl. The zero-order chi connectivity index (χ0) is 21.4. The zero-order valence-electron chi connectivity index (χ0n) is 18.9. The first kappa shape index (κ1) is 28.1. The van der Waals surface area contributed by atoms with Crippen LogP contribution >= 0.6 is 24.8 Å². The lowest BCUT2D eigenvalue weighted by atomic mass is 9.88. The van der Waals surface area contributed by atoms with Gasteiger partial charge in [0.15, 0.2) is 0 Å². The Balaban J connectivity index is 0.00000256. The number of nitrogens with one attached hydrogen (secondary N) is 1. The molecule has 1 heterocycles. The van der Waals surface area contributed by atoms with Crippen LogP contribution < -0.4 is 10.1 Å². The van der Waals surface area contributed by atoms with Gasteiger partial charge in [-0.05, 0) is 81.5 Å². The van der Waals surface area contributed by atoms with E-state index < -0.39 is 5.60 Å². The molecule has 0 spiro atoms. The first-order valence-corrected chi connectivity index (χ1v) is 10.9. The molecule has 2 aromatic carbocycles. The number of halogens is 2. The van der Waals surface area contributed by atoms with Crippen molar-refractivity contribution < 1.29 is 9.84 Å². The minimum atomic E-state index is -0.585. The van der Waals surface area contributed by atoms with Crippen molar-refractivity contribution in [1.29, 1.82) is 5.26 Å². The Labute approximate surface area is 204 Å². The van der Waals surface area contributed by atoms with Gasteiger partial charge in [0.25, 0.3) is 0 Å². The Bertz CT molecular complexity index is 828. The molecule has 0 aliphatic carbocycles. The van der Waals surface area contributed by atoms with Crippen molar-refractivity contribution in [3.63, 3.8) is 0 Å². The minimum absolute atomic E-state index is 0. The third kappa shape index (κ3) is 8.88. The number of piperidine rings is 1. The molecule has 0 aromatic heterocycles. The summed E-state index contributed by atoms with van der Waals surface area (Å²) in [7, 11) is 0. The third-order valence-electron chi connectivity index (χ3n) is 5.73. The molecule has 0 radical (unpaired) electrons. The lowest BCUT2D eigenvalue weighted by molar-refractivity contribution is -0.0245. The van der Waals surface area contributed by atoms with Crippen LogP contribution in [0.5, 0.6) is 5.75 Å². The molecular weight excluding hydrogens is 445 g/mol. The first-order valence-electron chi connectivity index (χ1n) is 10.9. The van der Waals surface area contributed by atoms with E-state index >= 15 is 0 Å². The van der Waals surface area contributed by atoms with E-state index in [-0.39, 0.29) is 30.9 Å². The van der Waals surface area contributed by atoms with Gasteiger partial charge in [0.2, 0.25) is 0 Å². The largest absolute Gasteiger partial charge is 0.491 e. The quantitative estimate of drug-likeness (QED) is 0.525. The van der Waals surface area contributed by atoms with Gasteiger partial charge in [-0.15, -0.1) is 24.8 Å². The van der Waals surface area contributed by atoms with Gasteiger partial charge >= 0.3 is 0 Å². The molecule has 1 saturated heterocycles. The second kappa shape index (κ2) is 13.5. The van der Waals surface area contributed by atoms with Gasteiger partial charge in [-0.25, -0.2) is 0 Å². The molecule has 2 N–H and O–H groups in total. The molecule has 1 aliphatic rings. The number of nitriles is 1. The van der Waals surface area contributed by atoms with Crippen LogP contribution in [0.25, 0.3) is 0 Å². The van der Waals surface area contributed by atoms with E-state index in [1.54, 1.807) is 0 Å². The maximum absolute atomic E-state index is 10.9. The molecule has 3 rings (SSSR count). The third-order valence-corrected chi connectivity index (χ3v) is 5.73. The number of likely N-dealkylation sites (tertiary alicyclic amines) is 1. The van der Waals surface area contributed by atoms with Crippen LogP contribution in [0.4, 0.5) is 5.69 Å². The number of anilines is 1. The Hall–Kier alpha value is -1.97. The summed E-state index contributed by atoms with van der Waals surface area (Å²) >= 11 is 0. The van der Waals surface area contributed by atoms with Crippen LogP contribution in [0.15, 0.2) is 48.5 Å². The van der Waals surface area contributed by atoms with Crippen LogP contribution in [0.3, 0.4) is 0 Å². The fourth-order valence-electron chi connectivity index (χ4n) is 3.84. The highest BCUT2D eigenvalue weighted by molar-refractivity contribution is 5.85. The molecule has 5 nitrogen and oxygen atoms in total. The summed E-state index contributed by atoms with van der Waals surface area (Å²) < 4.78 is 5.67. The second-order valence-electron chi connectivity index (χ2n) is 8.49. The summed E-state index contributed by atoms with van der Waals surface area (Å²) in [5.74, 6) is 0.877. The zero-order valence-corrected chi connectivity index (χ0v) is 20.6. The summed E-state index contributed by atoms with van der Waals surface area (Å²) in [5.41, 5.74) is 2.42. The van der Waals surface area contributed by atoms with Crippen molar-refractivity contribution in [3.05, 3.63) is 59.7 Å². The van der Waals surface area contributed by atoms with Gasteiger partial charge in [-0.2, -0.15) is 5.26 Å². The van der Waals surface area contributed by atoms with Gasteiger partial charge in [0.1, 0.15) is 5.75 Å². The standard InChI is InChI=1S/C25H33N3O2.2ClH/c1-20(2)30-24-9-7-23(8-10-24)27-15-12-25(29)13-17-28(18-14-25)16-11-21-3-5-22(19-26)6-4-21;;/h3-10,20,27,29H,11-18H2,1-2H3;2*1H. The average Bonchev–Trinajstić information content (AvgIpc) is 2.75. The van der Waals surface area contributed by atoms with Gasteiger partial charge in [-0.3, -0.25) is 0 Å². The lowest BCUT2D eigenvalue weighted by Crippen LogP contribution is -2.45. The van der Waals surface area contributed by atoms with Crippen LogP contribution in [0.1, 0.15) is 44.2 Å². The molecule has 0 unspecified atom stereocenters. The Morgan fingerprint density at radius 1 is 1.06 bits per heavy atom. The van der Waals surface area contributed by atoms with Crippen molar-refractivity contribution in [1.82, 2.24) is 4.90 Å². The predicted molar refractivity (Wildman–Crippen MR) is 135 cm³/mol. The van der Waals surface area contributed by atoms with Gasteiger partial charge in [-0.1, -0.05) is 12.1 Å². The molecule has 0 saturated carbocycles. The molecule has 176 valence electrons. The molecule has 0 bridgehead atoms. The highest BCUT2D eigenvalue weighted by Gasteiger charge is 2.31. The predicted octanol–water partition coefficient (Wildman–Crippen LogP) is 5.06. The molecular formula is C25H35Cl2N3O2. The molecule has 0 atom stereocenters. The van der Waals surface area contributed by atoms with Crippen LogP contribution in [0.2, 0.25) is 0 Å². The Morgan fingerprint density at radius 2 is 1.69 bits per heavy atom. The fraction of sp³-hybridized carbons (Fsp3) is 0.480. The monoisotopic (exact) mass is 479 g/mol. The van der Waals surface area contributed by atoms with E-state index in [4.69, 9.17) is 10.00 Å². The van der Waals surface area contributed by atoms with Crippen molar-refractivity contribution in [3.8, 4) is 11.8 Å². The van der Waals surface area contributed by atoms with Gasteiger partial charge < -0.3 is 20.1 Å². The first-order chi connectivity index (χ1) is 14.5. The van der Waals surface area contributed by atoms with E-state index in [9.17, 15) is 5.11 Å². The molecule has 1 fully saturated rings. The van der Waals surface area contributed by atoms with E-state index in [0.717, 1.165) is 63.3 Å². The molecule has 7 heteroatoms. The lowest BCUT2D eigenvalue weighted by Gasteiger charge is -2.38. The number of rotatable bonds is 9. The van der Waals surface area contributed by atoms with Crippen LogP contribution in [-0.4, -0.2) is 47.9 Å². The summed E-state index contributed by atoms with van der Waals surface area (Å²) in [4.78, 5) is 2.42. The number of nitrogens with zero attached hydrogens (tertiary/aromatic N) is 2. The van der Waals surface area contributed by atoms with E-state index in [0.29, 0.717) is 5.56 Å². The summed E-state index contributed by atoms with van der Waals surface area (Å²) in [6, 6.07) is 18.0. The highest BCUT2D eigenvalue weighted by atomic mass is 35.5.